The number of hydrogen-bond donors (Lipinski definition) is 1. The minimum absolute atomic E-state index is 0.116. The van der Waals surface area contributed by atoms with Crippen molar-refractivity contribution in [3.63, 3.8) is 0 Å². The Morgan fingerprint density at radius 2 is 2.50 bits per heavy atom. The lowest BCUT2D eigenvalue weighted by molar-refractivity contribution is 0.0315. The van der Waals surface area contributed by atoms with Gasteiger partial charge in [0.05, 0.1) is 12.7 Å². The van der Waals surface area contributed by atoms with Crippen molar-refractivity contribution in [1.29, 1.82) is 0 Å². The van der Waals surface area contributed by atoms with Gasteiger partial charge >= 0.3 is 5.97 Å². The smallest absolute Gasteiger partial charge is 0.356 e. The first-order valence-electron chi connectivity index (χ1n) is 6.05. The number of carbonyl (C=O) groups is 1. The van der Waals surface area contributed by atoms with Gasteiger partial charge in [0.25, 0.3) is 0 Å². The van der Waals surface area contributed by atoms with Gasteiger partial charge in [-0.05, 0) is 31.9 Å². The molecule has 1 aromatic heterocycles. The zero-order valence-electron chi connectivity index (χ0n) is 10.7. The second kappa shape index (κ2) is 5.35. The van der Waals surface area contributed by atoms with Crippen molar-refractivity contribution in [3.8, 4) is 0 Å². The molecule has 2 heterocycles. The summed E-state index contributed by atoms with van der Waals surface area (Å²) in [5.41, 5.74) is 1.04. The number of pyridine rings is 1. The Kier molecular flexibility index (Phi) is 3.81. The Hall–Kier alpha value is -1.62. The molecule has 0 amide bonds. The van der Waals surface area contributed by atoms with Gasteiger partial charge in [-0.25, -0.2) is 9.78 Å². The normalized spacial score (nSPS) is 22.8. The fourth-order valence-electron chi connectivity index (χ4n) is 2.02. The summed E-state index contributed by atoms with van der Waals surface area (Å²) in [6.07, 6.45) is 3.74. The van der Waals surface area contributed by atoms with E-state index < -0.39 is 5.97 Å². The molecule has 1 fully saturated rings. The van der Waals surface area contributed by atoms with Gasteiger partial charge in [0, 0.05) is 25.0 Å². The van der Waals surface area contributed by atoms with E-state index in [1.165, 1.54) is 7.11 Å². The molecule has 5 nitrogen and oxygen atoms in total. The van der Waals surface area contributed by atoms with E-state index in [9.17, 15) is 4.79 Å². The third kappa shape index (κ3) is 2.98. The molecule has 1 aromatic rings. The standard InChI is InChI=1S/C13H18N2O3/c1-13(5-3-7-18-13)9-15-10-4-6-14-11(8-10)12(16)17-2/h4,6,8H,3,5,7,9H2,1-2H3,(H,14,15). The molecule has 0 aromatic carbocycles. The van der Waals surface area contributed by atoms with Crippen molar-refractivity contribution in [2.45, 2.75) is 25.4 Å². The summed E-state index contributed by atoms with van der Waals surface area (Å²) in [6.45, 7) is 3.63. The van der Waals surface area contributed by atoms with Gasteiger partial charge in [-0.3, -0.25) is 0 Å². The van der Waals surface area contributed by atoms with E-state index in [1.54, 1.807) is 12.3 Å². The number of aromatic nitrogens is 1. The first kappa shape index (κ1) is 12.8. The number of nitrogens with zero attached hydrogens (tertiary/aromatic N) is 1. The number of ether oxygens (including phenoxy) is 2. The minimum Gasteiger partial charge on any atom is -0.464 e. The molecule has 1 N–H and O–H groups in total. The van der Waals surface area contributed by atoms with Crippen LogP contribution in [0.5, 0.6) is 0 Å². The summed E-state index contributed by atoms with van der Waals surface area (Å²) in [6, 6.07) is 3.51. The van der Waals surface area contributed by atoms with E-state index in [-0.39, 0.29) is 5.60 Å². The minimum atomic E-state index is -0.429. The molecule has 0 spiro atoms. The van der Waals surface area contributed by atoms with Crippen molar-refractivity contribution in [2.75, 3.05) is 25.6 Å². The Bertz CT molecular complexity index is 428. The van der Waals surface area contributed by atoms with E-state index >= 15 is 0 Å². The predicted octanol–water partition coefficient (Wildman–Crippen LogP) is 1.85. The van der Waals surface area contributed by atoms with Crippen LogP contribution < -0.4 is 5.32 Å². The zero-order valence-corrected chi connectivity index (χ0v) is 10.7. The molecule has 2 rings (SSSR count). The molecular formula is C13H18N2O3. The van der Waals surface area contributed by atoms with Crippen LogP contribution in [0, 0.1) is 0 Å². The van der Waals surface area contributed by atoms with Gasteiger partial charge in [0.1, 0.15) is 5.69 Å². The van der Waals surface area contributed by atoms with Gasteiger partial charge in [-0.2, -0.15) is 0 Å². The molecule has 1 saturated heterocycles. The lowest BCUT2D eigenvalue weighted by Gasteiger charge is -2.24. The van der Waals surface area contributed by atoms with E-state index in [4.69, 9.17) is 4.74 Å². The van der Waals surface area contributed by atoms with Crippen LogP contribution in [0.1, 0.15) is 30.3 Å². The van der Waals surface area contributed by atoms with Gasteiger partial charge in [0.15, 0.2) is 0 Å². The molecule has 0 saturated carbocycles. The summed E-state index contributed by atoms with van der Waals surface area (Å²) in [5, 5.41) is 3.27. The van der Waals surface area contributed by atoms with Gasteiger partial charge in [-0.15, -0.1) is 0 Å². The lowest BCUT2D eigenvalue weighted by atomic mass is 10.0. The second-order valence-corrected chi connectivity index (χ2v) is 4.68. The van der Waals surface area contributed by atoms with E-state index in [0.29, 0.717) is 5.69 Å². The Balaban J connectivity index is 1.99. The highest BCUT2D eigenvalue weighted by atomic mass is 16.5. The quantitative estimate of drug-likeness (QED) is 0.826. The van der Waals surface area contributed by atoms with Crippen LogP contribution in [0.15, 0.2) is 18.3 Å². The molecule has 1 aliphatic rings. The van der Waals surface area contributed by atoms with Crippen molar-refractivity contribution in [3.05, 3.63) is 24.0 Å². The fourth-order valence-corrected chi connectivity index (χ4v) is 2.02. The van der Waals surface area contributed by atoms with Crippen LogP contribution in [-0.4, -0.2) is 36.8 Å². The topological polar surface area (TPSA) is 60.5 Å². The average Bonchev–Trinajstić information content (AvgIpc) is 2.83. The molecular weight excluding hydrogens is 232 g/mol. The van der Waals surface area contributed by atoms with Crippen LogP contribution in [-0.2, 0) is 9.47 Å². The highest BCUT2D eigenvalue weighted by molar-refractivity contribution is 5.88. The van der Waals surface area contributed by atoms with E-state index in [0.717, 1.165) is 31.7 Å². The number of esters is 1. The van der Waals surface area contributed by atoms with E-state index in [2.05, 4.69) is 22.0 Å². The molecule has 5 heteroatoms. The van der Waals surface area contributed by atoms with Crippen molar-refractivity contribution < 1.29 is 14.3 Å². The summed E-state index contributed by atoms with van der Waals surface area (Å²) in [4.78, 5) is 15.3. The van der Waals surface area contributed by atoms with Crippen molar-refractivity contribution in [1.82, 2.24) is 4.98 Å². The largest absolute Gasteiger partial charge is 0.464 e. The summed E-state index contributed by atoms with van der Waals surface area (Å²) in [7, 11) is 1.34. The number of carbonyl (C=O) groups excluding carboxylic acids is 1. The maximum absolute atomic E-state index is 11.4. The Labute approximate surface area is 107 Å². The predicted molar refractivity (Wildman–Crippen MR) is 67.7 cm³/mol. The summed E-state index contributed by atoms with van der Waals surface area (Å²) >= 11 is 0. The van der Waals surface area contributed by atoms with Crippen LogP contribution in [0.3, 0.4) is 0 Å². The number of hydrogen-bond acceptors (Lipinski definition) is 5. The SMILES string of the molecule is COC(=O)c1cc(NCC2(C)CCCO2)ccn1. The number of methoxy groups -OCH3 is 1. The van der Waals surface area contributed by atoms with E-state index in [1.807, 2.05) is 6.07 Å². The molecule has 18 heavy (non-hydrogen) atoms. The fraction of sp³-hybridized carbons (Fsp3) is 0.538. The van der Waals surface area contributed by atoms with Crippen molar-refractivity contribution in [2.24, 2.45) is 0 Å². The monoisotopic (exact) mass is 250 g/mol. The van der Waals surface area contributed by atoms with Gasteiger partial charge in [0.2, 0.25) is 0 Å². The van der Waals surface area contributed by atoms with Gasteiger partial charge < -0.3 is 14.8 Å². The van der Waals surface area contributed by atoms with Crippen molar-refractivity contribution >= 4 is 11.7 Å². The molecule has 0 radical (unpaired) electrons. The third-order valence-corrected chi connectivity index (χ3v) is 3.12. The molecule has 1 aliphatic heterocycles. The number of nitrogens with one attached hydrogen (secondary N) is 1. The maximum Gasteiger partial charge on any atom is 0.356 e. The molecule has 1 atom stereocenters. The zero-order chi connectivity index (χ0) is 13.0. The maximum atomic E-state index is 11.4. The summed E-state index contributed by atoms with van der Waals surface area (Å²) < 4.78 is 10.3. The van der Waals surface area contributed by atoms with Crippen LogP contribution in [0.25, 0.3) is 0 Å². The molecule has 1 unspecified atom stereocenters. The Morgan fingerprint density at radius 3 is 3.17 bits per heavy atom. The second-order valence-electron chi connectivity index (χ2n) is 4.68. The van der Waals surface area contributed by atoms with Gasteiger partial charge in [-0.1, -0.05) is 0 Å². The van der Waals surface area contributed by atoms with Crippen LogP contribution >= 0.6 is 0 Å². The molecule has 0 bridgehead atoms. The summed E-state index contributed by atoms with van der Waals surface area (Å²) in [5.74, 6) is -0.429. The number of anilines is 1. The third-order valence-electron chi connectivity index (χ3n) is 3.12. The average molecular weight is 250 g/mol. The highest BCUT2D eigenvalue weighted by Crippen LogP contribution is 2.25. The highest BCUT2D eigenvalue weighted by Gasteiger charge is 2.29. The molecule has 98 valence electrons. The van der Waals surface area contributed by atoms with Crippen LogP contribution in [0.2, 0.25) is 0 Å². The first-order chi connectivity index (χ1) is 8.63. The number of rotatable bonds is 4. The van der Waals surface area contributed by atoms with Crippen LogP contribution in [0.4, 0.5) is 5.69 Å². The lowest BCUT2D eigenvalue weighted by Crippen LogP contribution is -2.32. The first-order valence-corrected chi connectivity index (χ1v) is 6.05. The molecule has 0 aliphatic carbocycles. The Morgan fingerprint density at radius 1 is 1.67 bits per heavy atom.